The van der Waals surface area contributed by atoms with Gasteiger partial charge in [-0.1, -0.05) is 18.2 Å². The summed E-state index contributed by atoms with van der Waals surface area (Å²) >= 11 is 0. The van der Waals surface area contributed by atoms with Crippen molar-refractivity contribution in [1.29, 1.82) is 5.39 Å². The van der Waals surface area contributed by atoms with E-state index in [-0.39, 0.29) is 0 Å². The number of diazo groups is 1. The lowest BCUT2D eigenvalue weighted by Gasteiger charge is -1.93. The molecule has 0 aliphatic carbocycles. The number of rotatable bonds is 1. The average Bonchev–Trinajstić information content (AvgIpc) is 2.34. The Morgan fingerprint density at radius 2 is 1.75 bits per heavy atom. The molecule has 76 valence electrons. The molecule has 0 amide bonds. The SMILES string of the molecule is N#[N+]C(=C1C=C[N+](=O)C=C1)c1ccccc1. The zero-order valence-electron chi connectivity index (χ0n) is 8.45. The molecule has 0 radical (unpaired) electrons. The monoisotopic (exact) mass is 211 g/mol. The summed E-state index contributed by atoms with van der Waals surface area (Å²) in [4.78, 5) is 14.1. The summed E-state index contributed by atoms with van der Waals surface area (Å²) in [6.45, 7) is 0. The van der Waals surface area contributed by atoms with Gasteiger partial charge in [-0.25, -0.2) is 0 Å². The fourth-order valence-electron chi connectivity index (χ4n) is 1.45. The maximum absolute atomic E-state index is 10.9. The lowest BCUT2D eigenvalue weighted by atomic mass is 10.1. The first-order valence-corrected chi connectivity index (χ1v) is 4.78. The van der Waals surface area contributed by atoms with Crippen LogP contribution in [0.2, 0.25) is 0 Å². The van der Waals surface area contributed by atoms with Gasteiger partial charge in [-0.05, 0) is 12.1 Å². The van der Waals surface area contributed by atoms with Gasteiger partial charge in [0.2, 0.25) is 17.8 Å². The van der Waals surface area contributed by atoms with Crippen LogP contribution in [-0.2, 0) is 0 Å². The van der Waals surface area contributed by atoms with Crippen LogP contribution >= 0.6 is 0 Å². The molecule has 4 nitrogen and oxygen atoms in total. The molecule has 1 heterocycles. The van der Waals surface area contributed by atoms with Crippen LogP contribution in [0.5, 0.6) is 0 Å². The van der Waals surface area contributed by atoms with Crippen LogP contribution in [0.4, 0.5) is 0 Å². The standard InChI is InChI=1S/C12H9N3O/c13-14-12(10-4-2-1-3-5-10)11-6-8-15(16)9-7-11/h1-9H/q+2. The molecule has 0 saturated heterocycles. The van der Waals surface area contributed by atoms with Crippen LogP contribution in [0.25, 0.3) is 10.7 Å². The smallest absolute Gasteiger partial charge is 0.0622 e. The Balaban J connectivity index is 2.49. The van der Waals surface area contributed by atoms with Gasteiger partial charge in [0.25, 0.3) is 0 Å². The van der Waals surface area contributed by atoms with Crippen LogP contribution in [-0.4, -0.2) is 4.76 Å². The van der Waals surface area contributed by atoms with Crippen molar-refractivity contribution in [2.24, 2.45) is 0 Å². The van der Waals surface area contributed by atoms with Crippen LogP contribution in [0.3, 0.4) is 0 Å². The zero-order chi connectivity index (χ0) is 11.4. The van der Waals surface area contributed by atoms with E-state index in [1.165, 1.54) is 12.4 Å². The van der Waals surface area contributed by atoms with Crippen molar-refractivity contribution in [1.82, 2.24) is 0 Å². The number of allylic oxidation sites excluding steroid dienone is 3. The summed E-state index contributed by atoms with van der Waals surface area (Å²) in [6.07, 6.45) is 5.94. The van der Waals surface area contributed by atoms with Gasteiger partial charge in [-0.3, -0.25) is 0 Å². The van der Waals surface area contributed by atoms with Crippen molar-refractivity contribution < 1.29 is 4.76 Å². The van der Waals surface area contributed by atoms with Gasteiger partial charge in [0.05, 0.1) is 15.9 Å². The maximum Gasteiger partial charge on any atom is 0.399 e. The largest absolute Gasteiger partial charge is 0.399 e. The molecule has 4 heteroatoms. The second kappa shape index (κ2) is 4.32. The van der Waals surface area contributed by atoms with Crippen LogP contribution in [0, 0.1) is 10.3 Å². The first kappa shape index (κ1) is 9.99. The van der Waals surface area contributed by atoms with E-state index in [0.717, 1.165) is 5.56 Å². The lowest BCUT2D eigenvalue weighted by molar-refractivity contribution is -0.403. The molecule has 0 saturated carbocycles. The summed E-state index contributed by atoms with van der Waals surface area (Å²) in [7, 11) is 0. The quantitative estimate of drug-likeness (QED) is 0.529. The van der Waals surface area contributed by atoms with Crippen LogP contribution in [0.15, 0.2) is 60.5 Å². The minimum absolute atomic E-state index is 0.446. The van der Waals surface area contributed by atoms with Crippen molar-refractivity contribution in [2.75, 3.05) is 0 Å². The first-order chi connectivity index (χ1) is 7.81. The van der Waals surface area contributed by atoms with Gasteiger partial charge in [-0.2, -0.15) is 0 Å². The van der Waals surface area contributed by atoms with Crippen LogP contribution in [0.1, 0.15) is 5.56 Å². The highest BCUT2D eigenvalue weighted by atomic mass is 16.3. The van der Waals surface area contributed by atoms with Gasteiger partial charge in [-0.15, -0.1) is 0 Å². The summed E-state index contributed by atoms with van der Waals surface area (Å²) in [6, 6.07) is 9.28. The second-order valence-electron chi connectivity index (χ2n) is 3.26. The molecule has 0 spiro atoms. The fourth-order valence-corrected chi connectivity index (χ4v) is 1.45. The van der Waals surface area contributed by atoms with Crippen LogP contribution < -0.4 is 0 Å². The number of nitrogens with zero attached hydrogens (tertiary/aromatic N) is 3. The van der Waals surface area contributed by atoms with E-state index in [2.05, 4.69) is 4.98 Å². The highest BCUT2D eigenvalue weighted by Crippen LogP contribution is 2.23. The molecular weight excluding hydrogens is 202 g/mol. The van der Waals surface area contributed by atoms with E-state index in [1.807, 2.05) is 30.3 Å². The molecule has 0 fully saturated rings. The van der Waals surface area contributed by atoms with E-state index in [9.17, 15) is 4.91 Å². The zero-order valence-corrected chi connectivity index (χ0v) is 8.45. The Morgan fingerprint density at radius 1 is 1.12 bits per heavy atom. The van der Waals surface area contributed by atoms with Gasteiger partial charge in [0.15, 0.2) is 4.98 Å². The third-order valence-corrected chi connectivity index (χ3v) is 2.22. The summed E-state index contributed by atoms with van der Waals surface area (Å²) in [5.74, 6) is 0. The molecule has 0 bridgehead atoms. The minimum atomic E-state index is 0.446. The first-order valence-electron chi connectivity index (χ1n) is 4.78. The minimum Gasteiger partial charge on any atom is -0.0622 e. The van der Waals surface area contributed by atoms with Gasteiger partial charge in [0, 0.05) is 17.1 Å². The Labute approximate surface area is 92.4 Å². The summed E-state index contributed by atoms with van der Waals surface area (Å²) < 4.78 is 0.684. The second-order valence-corrected chi connectivity index (χ2v) is 3.26. The van der Waals surface area contributed by atoms with Gasteiger partial charge >= 0.3 is 5.70 Å². The number of nitroso groups, excluding NO2 is 1. The molecule has 0 atom stereocenters. The third-order valence-electron chi connectivity index (χ3n) is 2.22. The van der Waals surface area contributed by atoms with Crippen molar-refractivity contribution in [3.05, 3.63) is 75.9 Å². The Kier molecular flexibility index (Phi) is 2.70. The molecule has 0 unspecified atom stereocenters. The topological polar surface area (TPSA) is 48.2 Å². The molecule has 0 N–H and O–H groups in total. The summed E-state index contributed by atoms with van der Waals surface area (Å²) in [5, 5.41) is 9.01. The van der Waals surface area contributed by atoms with Crippen molar-refractivity contribution in [3.63, 3.8) is 0 Å². The molecule has 16 heavy (non-hydrogen) atoms. The number of hydrogen-bond acceptors (Lipinski definition) is 2. The Bertz CT molecular complexity index is 529. The molecule has 1 aromatic carbocycles. The molecule has 1 aliphatic heterocycles. The van der Waals surface area contributed by atoms with E-state index >= 15 is 0 Å². The predicted molar refractivity (Wildman–Crippen MR) is 60.4 cm³/mol. The predicted octanol–water partition coefficient (Wildman–Crippen LogP) is 3.07. The number of benzene rings is 1. The van der Waals surface area contributed by atoms with E-state index in [1.54, 1.807) is 12.2 Å². The fraction of sp³-hybridized carbons (Fsp3) is 0. The maximum atomic E-state index is 10.9. The molecular formula is C12H9N3O+2. The molecule has 1 aromatic rings. The molecule has 2 rings (SSSR count). The lowest BCUT2D eigenvalue weighted by Crippen LogP contribution is -1.94. The van der Waals surface area contributed by atoms with E-state index in [4.69, 9.17) is 5.39 Å². The summed E-state index contributed by atoms with van der Waals surface area (Å²) in [5.41, 5.74) is 1.94. The van der Waals surface area contributed by atoms with Crippen molar-refractivity contribution >= 4 is 5.70 Å². The molecule has 1 aliphatic rings. The van der Waals surface area contributed by atoms with E-state index < -0.39 is 0 Å². The van der Waals surface area contributed by atoms with E-state index in [0.29, 0.717) is 16.0 Å². The highest BCUT2D eigenvalue weighted by molar-refractivity contribution is 5.77. The van der Waals surface area contributed by atoms with Gasteiger partial charge < -0.3 is 0 Å². The Morgan fingerprint density at radius 3 is 2.31 bits per heavy atom. The van der Waals surface area contributed by atoms with Crippen molar-refractivity contribution in [2.45, 2.75) is 0 Å². The Hall–Kier alpha value is -2.54. The molecule has 0 aromatic heterocycles. The number of hydrogen-bond donors (Lipinski definition) is 0. The van der Waals surface area contributed by atoms with Gasteiger partial charge in [0.1, 0.15) is 0 Å². The highest BCUT2D eigenvalue weighted by Gasteiger charge is 2.21. The van der Waals surface area contributed by atoms with Crippen molar-refractivity contribution in [3.8, 4) is 0 Å². The normalized spacial score (nSPS) is 13.7. The average molecular weight is 211 g/mol. The third kappa shape index (κ3) is 1.93.